The van der Waals surface area contributed by atoms with Crippen molar-refractivity contribution in [3.63, 3.8) is 0 Å². The summed E-state index contributed by atoms with van der Waals surface area (Å²) in [6.45, 7) is 6.08. The first-order valence-electron chi connectivity index (χ1n) is 6.09. The van der Waals surface area contributed by atoms with Gasteiger partial charge in [-0.2, -0.15) is 0 Å². The Labute approximate surface area is 104 Å². The highest BCUT2D eigenvalue weighted by Crippen LogP contribution is 2.07. The number of aromatic nitrogens is 2. The molecule has 0 aliphatic heterocycles. The summed E-state index contributed by atoms with van der Waals surface area (Å²) in [4.78, 5) is 10.8. The number of hydrogen-bond acceptors (Lipinski definition) is 5. The molecule has 1 heterocycles. The van der Waals surface area contributed by atoms with Gasteiger partial charge in [0.25, 0.3) is 0 Å². The third kappa shape index (κ3) is 4.99. The van der Waals surface area contributed by atoms with Crippen molar-refractivity contribution in [3.8, 4) is 0 Å². The van der Waals surface area contributed by atoms with Crippen LogP contribution in [-0.4, -0.2) is 48.1 Å². The molecule has 0 saturated carbocycles. The molecule has 0 bridgehead atoms. The zero-order valence-corrected chi connectivity index (χ0v) is 11.2. The predicted octanol–water partition coefficient (Wildman–Crippen LogP) is 1.66. The molecule has 96 valence electrons. The van der Waals surface area contributed by atoms with Crippen LogP contribution < -0.4 is 10.6 Å². The van der Waals surface area contributed by atoms with Crippen LogP contribution in [0.2, 0.25) is 0 Å². The Morgan fingerprint density at radius 1 is 1.24 bits per heavy atom. The van der Waals surface area contributed by atoms with Crippen LogP contribution in [0.5, 0.6) is 0 Å². The van der Waals surface area contributed by atoms with Crippen molar-refractivity contribution in [2.24, 2.45) is 0 Å². The van der Waals surface area contributed by atoms with E-state index in [9.17, 15) is 0 Å². The number of nitrogens with one attached hydrogen (secondary N) is 2. The maximum absolute atomic E-state index is 4.44. The second-order valence-electron chi connectivity index (χ2n) is 4.41. The van der Waals surface area contributed by atoms with Crippen molar-refractivity contribution in [1.82, 2.24) is 14.9 Å². The summed E-state index contributed by atoms with van der Waals surface area (Å²) in [7, 11) is 4.13. The van der Waals surface area contributed by atoms with Crippen LogP contribution in [-0.2, 0) is 0 Å². The standard InChI is InChI=1S/C12H23N5/c1-5-6-14-11-8-13-9-12(16-11)15-7-10(2)17(3)4/h8-10H,5-7H2,1-4H3,(H2,14,15,16). The van der Waals surface area contributed by atoms with Crippen LogP contribution in [0.15, 0.2) is 12.4 Å². The maximum Gasteiger partial charge on any atom is 0.147 e. The molecule has 0 aliphatic rings. The van der Waals surface area contributed by atoms with Gasteiger partial charge in [0, 0.05) is 19.1 Å². The maximum atomic E-state index is 4.44. The average molecular weight is 237 g/mol. The second-order valence-corrected chi connectivity index (χ2v) is 4.41. The molecule has 1 aromatic heterocycles. The van der Waals surface area contributed by atoms with E-state index in [-0.39, 0.29) is 0 Å². The average Bonchev–Trinajstić information content (AvgIpc) is 2.33. The number of rotatable bonds is 7. The molecule has 0 fully saturated rings. The summed E-state index contributed by atoms with van der Waals surface area (Å²) in [5.74, 6) is 1.65. The molecule has 1 unspecified atom stereocenters. The molecule has 2 N–H and O–H groups in total. The number of hydrogen-bond donors (Lipinski definition) is 2. The summed E-state index contributed by atoms with van der Waals surface area (Å²) in [6.07, 6.45) is 4.58. The number of anilines is 2. The fourth-order valence-electron chi connectivity index (χ4n) is 1.22. The largest absolute Gasteiger partial charge is 0.369 e. The Morgan fingerprint density at radius 3 is 2.47 bits per heavy atom. The van der Waals surface area contributed by atoms with Gasteiger partial charge in [0.05, 0.1) is 12.4 Å². The van der Waals surface area contributed by atoms with E-state index in [0.29, 0.717) is 6.04 Å². The van der Waals surface area contributed by atoms with Crippen molar-refractivity contribution in [2.45, 2.75) is 26.3 Å². The lowest BCUT2D eigenvalue weighted by molar-refractivity contribution is 0.326. The van der Waals surface area contributed by atoms with Gasteiger partial charge < -0.3 is 15.5 Å². The minimum atomic E-state index is 0.462. The molecule has 0 aromatic carbocycles. The number of likely N-dealkylation sites (N-methyl/N-ethyl adjacent to an activating group) is 1. The minimum Gasteiger partial charge on any atom is -0.369 e. The lowest BCUT2D eigenvalue weighted by Gasteiger charge is -2.20. The minimum absolute atomic E-state index is 0.462. The highest BCUT2D eigenvalue weighted by Gasteiger charge is 2.04. The molecular weight excluding hydrogens is 214 g/mol. The first-order valence-corrected chi connectivity index (χ1v) is 6.09. The SMILES string of the molecule is CCCNc1cncc(NCC(C)N(C)C)n1. The van der Waals surface area contributed by atoms with E-state index in [4.69, 9.17) is 0 Å². The zero-order chi connectivity index (χ0) is 12.7. The van der Waals surface area contributed by atoms with E-state index >= 15 is 0 Å². The molecule has 0 aliphatic carbocycles. The van der Waals surface area contributed by atoms with Crippen molar-refractivity contribution in [1.29, 1.82) is 0 Å². The van der Waals surface area contributed by atoms with Crippen LogP contribution in [0.1, 0.15) is 20.3 Å². The van der Waals surface area contributed by atoms with Crippen LogP contribution in [0, 0.1) is 0 Å². The molecular formula is C12H23N5. The molecule has 0 saturated heterocycles. The van der Waals surface area contributed by atoms with E-state index < -0.39 is 0 Å². The molecule has 0 radical (unpaired) electrons. The molecule has 0 amide bonds. The topological polar surface area (TPSA) is 53.1 Å². The summed E-state index contributed by atoms with van der Waals surface area (Å²) in [5.41, 5.74) is 0. The molecule has 5 heteroatoms. The molecule has 1 aromatic rings. The Bertz CT molecular complexity index is 326. The Balaban J connectivity index is 2.48. The molecule has 5 nitrogen and oxygen atoms in total. The highest BCUT2D eigenvalue weighted by atomic mass is 15.1. The van der Waals surface area contributed by atoms with Crippen LogP contribution >= 0.6 is 0 Å². The zero-order valence-electron chi connectivity index (χ0n) is 11.2. The summed E-state index contributed by atoms with van der Waals surface area (Å²) in [6, 6.07) is 0.462. The van der Waals surface area contributed by atoms with Crippen molar-refractivity contribution in [2.75, 3.05) is 37.8 Å². The van der Waals surface area contributed by atoms with E-state index in [0.717, 1.165) is 31.1 Å². The van der Waals surface area contributed by atoms with Crippen molar-refractivity contribution < 1.29 is 0 Å². The Morgan fingerprint density at radius 2 is 1.88 bits per heavy atom. The van der Waals surface area contributed by atoms with Gasteiger partial charge in [0.1, 0.15) is 11.6 Å². The van der Waals surface area contributed by atoms with Gasteiger partial charge in [0.2, 0.25) is 0 Å². The van der Waals surface area contributed by atoms with Gasteiger partial charge in [-0.25, -0.2) is 4.98 Å². The Kier molecular flexibility index (Phi) is 5.69. The van der Waals surface area contributed by atoms with Gasteiger partial charge in [0.15, 0.2) is 0 Å². The summed E-state index contributed by atoms with van der Waals surface area (Å²) < 4.78 is 0. The van der Waals surface area contributed by atoms with E-state index in [2.05, 4.69) is 53.4 Å². The lowest BCUT2D eigenvalue weighted by atomic mass is 10.3. The summed E-state index contributed by atoms with van der Waals surface area (Å²) >= 11 is 0. The van der Waals surface area contributed by atoms with Gasteiger partial charge in [-0.05, 0) is 27.4 Å². The van der Waals surface area contributed by atoms with Crippen molar-refractivity contribution >= 4 is 11.6 Å². The number of nitrogens with zero attached hydrogens (tertiary/aromatic N) is 3. The van der Waals surface area contributed by atoms with E-state index in [1.165, 1.54) is 0 Å². The van der Waals surface area contributed by atoms with Crippen LogP contribution in [0.4, 0.5) is 11.6 Å². The first kappa shape index (κ1) is 13.7. The van der Waals surface area contributed by atoms with Gasteiger partial charge >= 0.3 is 0 Å². The highest BCUT2D eigenvalue weighted by molar-refractivity contribution is 5.41. The lowest BCUT2D eigenvalue weighted by Crippen LogP contribution is -2.31. The fraction of sp³-hybridized carbons (Fsp3) is 0.667. The van der Waals surface area contributed by atoms with Gasteiger partial charge in [-0.1, -0.05) is 6.92 Å². The first-order chi connectivity index (χ1) is 8.13. The van der Waals surface area contributed by atoms with E-state index in [1.54, 1.807) is 12.4 Å². The monoisotopic (exact) mass is 237 g/mol. The summed E-state index contributed by atoms with van der Waals surface area (Å²) in [5, 5.41) is 6.51. The van der Waals surface area contributed by atoms with Gasteiger partial charge in [-0.3, -0.25) is 4.98 Å². The second kappa shape index (κ2) is 7.06. The quantitative estimate of drug-likeness (QED) is 0.755. The molecule has 1 atom stereocenters. The van der Waals surface area contributed by atoms with Gasteiger partial charge in [-0.15, -0.1) is 0 Å². The molecule has 0 spiro atoms. The molecule has 1 rings (SSSR count). The van der Waals surface area contributed by atoms with Crippen LogP contribution in [0.25, 0.3) is 0 Å². The van der Waals surface area contributed by atoms with E-state index in [1.807, 2.05) is 0 Å². The third-order valence-electron chi connectivity index (χ3n) is 2.65. The van der Waals surface area contributed by atoms with Crippen LogP contribution in [0.3, 0.4) is 0 Å². The predicted molar refractivity (Wildman–Crippen MR) is 72.5 cm³/mol. The Hall–Kier alpha value is -1.36. The molecule has 17 heavy (non-hydrogen) atoms. The van der Waals surface area contributed by atoms with Crippen molar-refractivity contribution in [3.05, 3.63) is 12.4 Å². The smallest absolute Gasteiger partial charge is 0.147 e. The fourth-order valence-corrected chi connectivity index (χ4v) is 1.22. The third-order valence-corrected chi connectivity index (χ3v) is 2.65. The normalized spacial score (nSPS) is 12.5.